The molecule has 0 spiro atoms. The number of nitrogens with two attached hydrogens (primary N) is 1. The van der Waals surface area contributed by atoms with Gasteiger partial charge in [-0.2, -0.15) is 4.31 Å². The van der Waals surface area contributed by atoms with Crippen LogP contribution in [0.25, 0.3) is 0 Å². The van der Waals surface area contributed by atoms with E-state index in [1.165, 1.54) is 4.31 Å². The van der Waals surface area contributed by atoms with Gasteiger partial charge in [-0.15, -0.1) is 0 Å². The van der Waals surface area contributed by atoms with Gasteiger partial charge >= 0.3 is 0 Å². The molecule has 1 aromatic carbocycles. The van der Waals surface area contributed by atoms with Gasteiger partial charge in [0.2, 0.25) is 15.9 Å². The van der Waals surface area contributed by atoms with E-state index in [-0.39, 0.29) is 29.0 Å². The van der Waals surface area contributed by atoms with Crippen LogP contribution in [-0.2, 0) is 24.7 Å². The van der Waals surface area contributed by atoms with Crippen molar-refractivity contribution in [1.29, 1.82) is 0 Å². The molecule has 2 aliphatic heterocycles. The van der Waals surface area contributed by atoms with E-state index in [1.54, 1.807) is 29.2 Å². The first kappa shape index (κ1) is 20.2. The molecule has 150 valence electrons. The molecule has 2 saturated heterocycles. The van der Waals surface area contributed by atoms with Crippen LogP contribution in [0.5, 0.6) is 0 Å². The minimum Gasteiger partial charge on any atom is -0.341 e. The van der Waals surface area contributed by atoms with E-state index in [4.69, 9.17) is 5.73 Å². The van der Waals surface area contributed by atoms with Gasteiger partial charge in [0.25, 0.3) is 0 Å². The predicted molar refractivity (Wildman–Crippen MR) is 101 cm³/mol. The van der Waals surface area contributed by atoms with Crippen molar-refractivity contribution in [1.82, 2.24) is 9.21 Å². The molecule has 0 aromatic heterocycles. The zero-order valence-electron chi connectivity index (χ0n) is 15.2. The zero-order chi connectivity index (χ0) is 19.8. The fourth-order valence-corrected chi connectivity index (χ4v) is 6.36. The Balaban J connectivity index is 1.63. The predicted octanol–water partition coefficient (Wildman–Crippen LogP) is -0.553. The van der Waals surface area contributed by atoms with E-state index in [1.807, 2.05) is 6.92 Å². The van der Waals surface area contributed by atoms with E-state index in [2.05, 4.69) is 0 Å². The smallest absolute Gasteiger partial charge is 0.243 e. The number of hydrogen-bond donors (Lipinski definition) is 1. The van der Waals surface area contributed by atoms with Crippen molar-refractivity contribution in [3.63, 3.8) is 0 Å². The highest BCUT2D eigenvalue weighted by atomic mass is 32.2. The molecule has 2 aliphatic rings. The number of hydrogen-bond acceptors (Lipinski definition) is 6. The number of carbonyl (C=O) groups is 1. The molecule has 0 saturated carbocycles. The number of rotatable bonds is 6. The summed E-state index contributed by atoms with van der Waals surface area (Å²) < 4.78 is 50.7. The number of sulfonamides is 1. The minimum absolute atomic E-state index is 0.00725. The van der Waals surface area contributed by atoms with Crippen molar-refractivity contribution < 1.29 is 21.6 Å². The number of aryl methyl sites for hydroxylation is 1. The van der Waals surface area contributed by atoms with Gasteiger partial charge in [-0.05, 0) is 30.9 Å². The number of sulfone groups is 1. The Labute approximate surface area is 160 Å². The summed E-state index contributed by atoms with van der Waals surface area (Å²) in [5.74, 6) is -1.10. The fourth-order valence-electron chi connectivity index (χ4n) is 3.74. The molecular formula is C17H25N3O5S2. The van der Waals surface area contributed by atoms with Gasteiger partial charge in [0, 0.05) is 32.7 Å². The van der Waals surface area contributed by atoms with Gasteiger partial charge in [0.15, 0.2) is 9.84 Å². The Hall–Kier alpha value is -1.49. The number of likely N-dealkylation sites (tertiary alicyclic amines) is 1. The summed E-state index contributed by atoms with van der Waals surface area (Å²) in [5, 5.41) is 0. The molecular weight excluding hydrogens is 390 g/mol. The number of carbonyl (C=O) groups excluding carboxylic acids is 1. The maximum absolute atomic E-state index is 12.8. The molecule has 0 unspecified atom stereocenters. The van der Waals surface area contributed by atoms with Crippen LogP contribution in [0.15, 0.2) is 29.2 Å². The van der Waals surface area contributed by atoms with E-state index >= 15 is 0 Å². The number of benzene rings is 1. The molecule has 0 bridgehead atoms. The van der Waals surface area contributed by atoms with E-state index in [0.29, 0.717) is 26.2 Å². The molecule has 0 aliphatic carbocycles. The quantitative estimate of drug-likeness (QED) is 0.666. The van der Waals surface area contributed by atoms with E-state index in [9.17, 15) is 21.6 Å². The summed E-state index contributed by atoms with van der Waals surface area (Å²) >= 11 is 0. The third-order valence-electron chi connectivity index (χ3n) is 5.24. The third-order valence-corrected chi connectivity index (χ3v) is 8.63. The third kappa shape index (κ3) is 4.34. The van der Waals surface area contributed by atoms with Crippen LogP contribution in [0.2, 0.25) is 0 Å². The molecule has 2 atom stereocenters. The van der Waals surface area contributed by atoms with Crippen LogP contribution in [0.4, 0.5) is 0 Å². The second-order valence-electron chi connectivity index (χ2n) is 7.33. The first-order valence-corrected chi connectivity index (χ1v) is 12.1. The highest BCUT2D eigenvalue weighted by Crippen LogP contribution is 2.34. The fraction of sp³-hybridized carbons (Fsp3) is 0.588. The van der Waals surface area contributed by atoms with Gasteiger partial charge in [-0.1, -0.05) is 17.7 Å². The Morgan fingerprint density at radius 1 is 1.04 bits per heavy atom. The number of nitrogens with zero attached hydrogens (tertiary/aromatic N) is 2. The first-order valence-electron chi connectivity index (χ1n) is 8.87. The second kappa shape index (κ2) is 7.50. The zero-order valence-corrected chi connectivity index (χ0v) is 16.9. The van der Waals surface area contributed by atoms with Gasteiger partial charge in [0.1, 0.15) is 5.75 Å². The molecule has 2 N–H and O–H groups in total. The average molecular weight is 416 g/mol. The van der Waals surface area contributed by atoms with Crippen molar-refractivity contribution in [2.45, 2.75) is 11.8 Å². The maximum atomic E-state index is 12.8. The molecule has 1 aromatic rings. The average Bonchev–Trinajstić information content (AvgIpc) is 3.14. The molecule has 1 amide bonds. The Bertz CT molecular complexity index is 898. The Morgan fingerprint density at radius 2 is 1.59 bits per heavy atom. The SMILES string of the molecule is Cc1ccc(S(=O)(=O)N2C[C@H]3CN(C(=O)CS(=O)(=O)CCN)C[C@H]3C2)cc1. The lowest BCUT2D eigenvalue weighted by Crippen LogP contribution is -2.38. The largest absolute Gasteiger partial charge is 0.341 e. The van der Waals surface area contributed by atoms with Crippen LogP contribution in [-0.4, -0.2) is 76.2 Å². The van der Waals surface area contributed by atoms with Gasteiger partial charge < -0.3 is 10.6 Å². The maximum Gasteiger partial charge on any atom is 0.243 e. The highest BCUT2D eigenvalue weighted by Gasteiger charge is 2.45. The molecule has 2 heterocycles. The summed E-state index contributed by atoms with van der Waals surface area (Å²) in [6.45, 7) is 3.37. The summed E-state index contributed by atoms with van der Waals surface area (Å²) in [7, 11) is -7.04. The monoisotopic (exact) mass is 415 g/mol. The van der Waals surface area contributed by atoms with Gasteiger partial charge in [-0.25, -0.2) is 16.8 Å². The first-order chi connectivity index (χ1) is 12.6. The lowest BCUT2D eigenvalue weighted by molar-refractivity contribution is -0.127. The summed E-state index contributed by atoms with van der Waals surface area (Å²) in [6, 6.07) is 6.76. The van der Waals surface area contributed by atoms with Gasteiger partial charge in [-0.3, -0.25) is 4.79 Å². The van der Waals surface area contributed by atoms with Crippen molar-refractivity contribution >= 4 is 25.8 Å². The van der Waals surface area contributed by atoms with Gasteiger partial charge in [0.05, 0.1) is 10.6 Å². The van der Waals surface area contributed by atoms with Crippen molar-refractivity contribution in [3.8, 4) is 0 Å². The normalized spacial score (nSPS) is 23.6. The number of fused-ring (bicyclic) bond motifs is 1. The summed E-state index contributed by atoms with van der Waals surface area (Å²) in [6.07, 6.45) is 0. The van der Waals surface area contributed by atoms with Crippen molar-refractivity contribution in [2.75, 3.05) is 44.2 Å². The molecule has 8 nitrogen and oxygen atoms in total. The highest BCUT2D eigenvalue weighted by molar-refractivity contribution is 7.92. The molecule has 0 radical (unpaired) electrons. The molecule has 27 heavy (non-hydrogen) atoms. The van der Waals surface area contributed by atoms with Crippen LogP contribution in [0.1, 0.15) is 5.56 Å². The van der Waals surface area contributed by atoms with Crippen LogP contribution < -0.4 is 5.73 Å². The Morgan fingerprint density at radius 3 is 2.11 bits per heavy atom. The summed E-state index contributed by atoms with van der Waals surface area (Å²) in [5.41, 5.74) is 6.26. The van der Waals surface area contributed by atoms with Crippen molar-refractivity contribution in [2.24, 2.45) is 17.6 Å². The lowest BCUT2D eigenvalue weighted by atomic mass is 10.0. The summed E-state index contributed by atoms with van der Waals surface area (Å²) in [4.78, 5) is 14.1. The van der Waals surface area contributed by atoms with E-state index in [0.717, 1.165) is 5.56 Å². The lowest BCUT2D eigenvalue weighted by Gasteiger charge is -2.21. The second-order valence-corrected chi connectivity index (χ2v) is 11.5. The number of amides is 1. The molecule has 3 rings (SSSR count). The molecule has 10 heteroatoms. The Kier molecular flexibility index (Phi) is 5.62. The topological polar surface area (TPSA) is 118 Å². The van der Waals surface area contributed by atoms with E-state index < -0.39 is 31.5 Å². The standard InChI is InChI=1S/C17H25N3O5S2/c1-13-2-4-16(5-3-13)27(24,25)20-10-14-8-19(9-15(14)11-20)17(21)12-26(22,23)7-6-18/h2-5,14-15H,6-12,18H2,1H3/t14-,15+. The van der Waals surface area contributed by atoms with Crippen molar-refractivity contribution in [3.05, 3.63) is 29.8 Å². The minimum atomic E-state index is -3.55. The van der Waals surface area contributed by atoms with Crippen LogP contribution in [0, 0.1) is 18.8 Å². The molecule has 2 fully saturated rings. The van der Waals surface area contributed by atoms with Crippen LogP contribution >= 0.6 is 0 Å². The van der Waals surface area contributed by atoms with Crippen LogP contribution in [0.3, 0.4) is 0 Å².